The van der Waals surface area contributed by atoms with E-state index in [0.29, 0.717) is 37.3 Å². The summed E-state index contributed by atoms with van der Waals surface area (Å²) < 4.78 is 5.34. The average molecular weight is 318 g/mol. The molecule has 2 amide bonds. The third-order valence-electron chi connectivity index (χ3n) is 3.74. The fraction of sp³-hybridized carbons (Fsp3) is 0.444. The van der Waals surface area contributed by atoms with Crippen molar-refractivity contribution in [2.75, 3.05) is 26.2 Å². The zero-order chi connectivity index (χ0) is 17.4. The van der Waals surface area contributed by atoms with E-state index in [9.17, 15) is 9.59 Å². The minimum absolute atomic E-state index is 0.0920. The van der Waals surface area contributed by atoms with Crippen LogP contribution in [0, 0.1) is 0 Å². The molecule has 0 spiro atoms. The van der Waals surface area contributed by atoms with Gasteiger partial charge in [-0.05, 0) is 33.8 Å². The van der Waals surface area contributed by atoms with Crippen LogP contribution >= 0.6 is 0 Å². The van der Waals surface area contributed by atoms with Crippen molar-refractivity contribution < 1.29 is 14.3 Å². The van der Waals surface area contributed by atoms with Crippen LogP contribution in [0.4, 0.5) is 4.79 Å². The van der Waals surface area contributed by atoms with Gasteiger partial charge < -0.3 is 14.5 Å². The molecule has 1 aromatic carbocycles. The van der Waals surface area contributed by atoms with Crippen molar-refractivity contribution in [3.63, 3.8) is 0 Å². The molecular formula is C18H26N2O3. The molecule has 126 valence electrons. The predicted octanol–water partition coefficient (Wildman–Crippen LogP) is 3.62. The number of benzene rings is 1. The summed E-state index contributed by atoms with van der Waals surface area (Å²) in [6, 6.07) is 7.06. The van der Waals surface area contributed by atoms with Crippen LogP contribution in [-0.4, -0.2) is 48.0 Å². The summed E-state index contributed by atoms with van der Waals surface area (Å²) in [6.07, 6.45) is -0.454. The molecule has 0 radical (unpaired) electrons. The minimum atomic E-state index is -0.454. The maximum absolute atomic E-state index is 12.6. The number of hydrogen-bond donors (Lipinski definition) is 0. The zero-order valence-electron chi connectivity index (χ0n) is 14.5. The Hall–Kier alpha value is -2.30. The van der Waals surface area contributed by atoms with Gasteiger partial charge in [0.25, 0.3) is 5.91 Å². The highest BCUT2D eigenvalue weighted by Crippen LogP contribution is 2.21. The van der Waals surface area contributed by atoms with Gasteiger partial charge in [0.15, 0.2) is 0 Å². The van der Waals surface area contributed by atoms with Crippen molar-refractivity contribution in [1.82, 2.24) is 9.80 Å². The normalized spacial score (nSPS) is 10.1. The third-order valence-corrected chi connectivity index (χ3v) is 3.74. The Balaban J connectivity index is 3.03. The number of nitrogens with zero attached hydrogens (tertiary/aromatic N) is 2. The van der Waals surface area contributed by atoms with E-state index < -0.39 is 6.09 Å². The first-order valence-corrected chi connectivity index (χ1v) is 8.04. The molecule has 0 saturated heterocycles. The van der Waals surface area contributed by atoms with Gasteiger partial charge >= 0.3 is 6.09 Å². The molecule has 5 nitrogen and oxygen atoms in total. The van der Waals surface area contributed by atoms with Crippen LogP contribution < -0.4 is 0 Å². The molecule has 1 aromatic rings. The van der Waals surface area contributed by atoms with Gasteiger partial charge in [-0.25, -0.2) is 4.79 Å². The third kappa shape index (κ3) is 4.58. The van der Waals surface area contributed by atoms with Crippen molar-refractivity contribution in [3.05, 3.63) is 42.0 Å². The fourth-order valence-electron chi connectivity index (χ4n) is 2.30. The van der Waals surface area contributed by atoms with Gasteiger partial charge in [-0.2, -0.15) is 0 Å². The smallest absolute Gasteiger partial charge is 0.410 e. The summed E-state index contributed by atoms with van der Waals surface area (Å²) in [4.78, 5) is 27.9. The number of rotatable bonds is 7. The van der Waals surface area contributed by atoms with E-state index in [4.69, 9.17) is 4.74 Å². The molecule has 0 aliphatic carbocycles. The van der Waals surface area contributed by atoms with E-state index >= 15 is 0 Å². The molecule has 23 heavy (non-hydrogen) atoms. The molecule has 0 aliphatic heterocycles. The Morgan fingerprint density at radius 3 is 1.87 bits per heavy atom. The second kappa shape index (κ2) is 8.98. The van der Waals surface area contributed by atoms with Crippen molar-refractivity contribution in [2.24, 2.45) is 0 Å². The summed E-state index contributed by atoms with van der Waals surface area (Å²) in [5, 5.41) is 0. The lowest BCUT2D eigenvalue weighted by Crippen LogP contribution is -2.32. The first kappa shape index (κ1) is 18.7. The van der Waals surface area contributed by atoms with E-state index in [2.05, 4.69) is 6.58 Å². The highest BCUT2D eigenvalue weighted by molar-refractivity contribution is 5.99. The Labute approximate surface area is 138 Å². The lowest BCUT2D eigenvalue weighted by molar-refractivity contribution is 0.0771. The number of amides is 2. The second-order valence-electron chi connectivity index (χ2n) is 4.99. The molecule has 0 fully saturated rings. The summed E-state index contributed by atoms with van der Waals surface area (Å²) in [5.41, 5.74) is 1.04. The molecule has 0 unspecified atom stereocenters. The van der Waals surface area contributed by atoms with Crippen LogP contribution in [0.15, 0.2) is 30.8 Å². The lowest BCUT2D eigenvalue weighted by atomic mass is 10.0. The SMILES string of the molecule is C=C(OC(=O)N(CC)CC)c1ccccc1C(=O)N(CC)CC. The molecular weight excluding hydrogens is 292 g/mol. The van der Waals surface area contributed by atoms with Crippen LogP contribution in [0.2, 0.25) is 0 Å². The van der Waals surface area contributed by atoms with Crippen LogP contribution in [0.5, 0.6) is 0 Å². The van der Waals surface area contributed by atoms with Gasteiger partial charge in [0.2, 0.25) is 0 Å². The molecule has 0 bridgehead atoms. The zero-order valence-corrected chi connectivity index (χ0v) is 14.5. The second-order valence-corrected chi connectivity index (χ2v) is 4.99. The average Bonchev–Trinajstić information content (AvgIpc) is 2.56. The van der Waals surface area contributed by atoms with Crippen molar-refractivity contribution in [3.8, 4) is 0 Å². The van der Waals surface area contributed by atoms with Crippen molar-refractivity contribution >= 4 is 17.8 Å². The molecule has 0 heterocycles. The first-order chi connectivity index (χ1) is 11.0. The number of carbonyl (C=O) groups is 2. The molecule has 1 rings (SSSR count). The van der Waals surface area contributed by atoms with Gasteiger partial charge in [0, 0.05) is 31.7 Å². The van der Waals surface area contributed by atoms with Gasteiger partial charge in [0.1, 0.15) is 5.76 Å². The molecule has 0 saturated carbocycles. The number of carbonyl (C=O) groups excluding carboxylic acids is 2. The Kier molecular flexibility index (Phi) is 7.32. The minimum Gasteiger partial charge on any atom is -0.410 e. The van der Waals surface area contributed by atoms with Gasteiger partial charge in [-0.3, -0.25) is 4.79 Å². The summed E-state index contributed by atoms with van der Waals surface area (Å²) in [5.74, 6) is 0.101. The van der Waals surface area contributed by atoms with Gasteiger partial charge in [-0.15, -0.1) is 0 Å². The maximum atomic E-state index is 12.6. The lowest BCUT2D eigenvalue weighted by Gasteiger charge is -2.22. The maximum Gasteiger partial charge on any atom is 0.415 e. The fourth-order valence-corrected chi connectivity index (χ4v) is 2.30. The molecule has 0 N–H and O–H groups in total. The predicted molar refractivity (Wildman–Crippen MR) is 92.1 cm³/mol. The molecule has 5 heteroatoms. The van der Waals surface area contributed by atoms with Gasteiger partial charge in [0.05, 0.1) is 5.56 Å². The monoisotopic (exact) mass is 318 g/mol. The van der Waals surface area contributed by atoms with E-state index in [1.807, 2.05) is 27.7 Å². The summed E-state index contributed by atoms with van der Waals surface area (Å²) >= 11 is 0. The molecule has 0 atom stereocenters. The van der Waals surface area contributed by atoms with Crippen LogP contribution in [0.25, 0.3) is 5.76 Å². The van der Waals surface area contributed by atoms with Crippen LogP contribution in [0.3, 0.4) is 0 Å². The quantitative estimate of drug-likeness (QED) is 0.722. The van der Waals surface area contributed by atoms with Crippen molar-refractivity contribution in [1.29, 1.82) is 0 Å². The topological polar surface area (TPSA) is 49.9 Å². The van der Waals surface area contributed by atoms with Crippen LogP contribution in [0.1, 0.15) is 43.6 Å². The largest absolute Gasteiger partial charge is 0.415 e. The highest BCUT2D eigenvalue weighted by Gasteiger charge is 2.20. The Morgan fingerprint density at radius 1 is 0.913 bits per heavy atom. The summed E-state index contributed by atoms with van der Waals surface area (Å²) in [6.45, 7) is 13.8. The molecule has 0 aromatic heterocycles. The summed E-state index contributed by atoms with van der Waals surface area (Å²) in [7, 11) is 0. The van der Waals surface area contributed by atoms with E-state index in [1.54, 1.807) is 34.1 Å². The van der Waals surface area contributed by atoms with Crippen molar-refractivity contribution in [2.45, 2.75) is 27.7 Å². The molecule has 0 aliphatic rings. The highest BCUT2D eigenvalue weighted by atomic mass is 16.6. The van der Waals surface area contributed by atoms with E-state index in [1.165, 1.54) is 0 Å². The number of hydrogen-bond acceptors (Lipinski definition) is 3. The van der Waals surface area contributed by atoms with Crippen LogP contribution in [-0.2, 0) is 4.74 Å². The Bertz CT molecular complexity index is 561. The standard InChI is InChI=1S/C18H26N2O3/c1-6-19(7-2)17(21)16-13-11-10-12-15(16)14(5)23-18(22)20(8-3)9-4/h10-13H,5-9H2,1-4H3. The number of ether oxygens (including phenoxy) is 1. The van der Waals surface area contributed by atoms with Gasteiger partial charge in [-0.1, -0.05) is 24.8 Å². The first-order valence-electron chi connectivity index (χ1n) is 8.04. The van der Waals surface area contributed by atoms with E-state index in [0.717, 1.165) is 0 Å². The Morgan fingerprint density at radius 2 is 1.39 bits per heavy atom. The van der Waals surface area contributed by atoms with E-state index in [-0.39, 0.29) is 11.7 Å².